The van der Waals surface area contributed by atoms with Gasteiger partial charge < -0.3 is 27.0 Å². The zero-order valence-corrected chi connectivity index (χ0v) is 77.8. The third-order valence-electron chi connectivity index (χ3n) is 28.4. The molecule has 9 heterocycles. The number of benzene rings is 21. The molecule has 0 fully saturated rings. The summed E-state index contributed by atoms with van der Waals surface area (Å²) in [4.78, 5) is 40.5. The van der Waals surface area contributed by atoms with Crippen molar-refractivity contribution >= 4 is 225 Å². The molecular weight excluding hydrogens is 1780 g/mol. The van der Waals surface area contributed by atoms with Gasteiger partial charge in [-0.1, -0.05) is 285 Å². The Balaban J connectivity index is 0.000000104. The Hall–Kier alpha value is -17.9. The SMILES string of the molecule is O=c1oc2cc(-c3ccc(-n4c5ccccc5c5ccccc54)cc3)ccc2c2ccc(-c3cccc4sc5ccccc5c34)cc12.O=c1oc2cc(-c3ccc4c(c3)c3ccccc3n4-c3ccccc3)ccc2c2ccc(-c3cccc4c3sc3ccccc34)cc12.O=c1oc2cc(-c3ccc4c(c3)c3ccccc3n4-c3ccccc3)ccc2c2ccc(-c3cccc4sc5ccccc5c34)cc12. The topological polar surface area (TPSA) is 105 Å². The van der Waals surface area contributed by atoms with E-state index in [0.29, 0.717) is 32.9 Å². The number of fused-ring (bicyclic) bond motifs is 27. The minimum atomic E-state index is -0.324. The molecule has 0 saturated heterocycles. The van der Waals surface area contributed by atoms with E-state index in [1.807, 2.05) is 48.5 Å². The Kier molecular flexibility index (Phi) is 18.9. The van der Waals surface area contributed by atoms with E-state index in [-0.39, 0.29) is 16.9 Å². The first kappa shape index (κ1) is 81.4. The summed E-state index contributed by atoms with van der Waals surface area (Å²) in [5.41, 5.74) is 23.8. The fourth-order valence-corrected chi connectivity index (χ4v) is 25.4. The van der Waals surface area contributed by atoms with Crippen molar-refractivity contribution in [2.45, 2.75) is 0 Å². The van der Waals surface area contributed by atoms with Crippen LogP contribution in [-0.2, 0) is 0 Å². The van der Waals surface area contributed by atoms with Crippen molar-refractivity contribution in [3.8, 4) is 83.8 Å². The maximum Gasteiger partial charge on any atom is 0.344 e. The second-order valence-corrected chi connectivity index (χ2v) is 39.4. The largest absolute Gasteiger partial charge is 0.422 e. The van der Waals surface area contributed by atoms with Gasteiger partial charge in [-0.3, -0.25) is 0 Å². The predicted molar refractivity (Wildman–Crippen MR) is 594 cm³/mol. The summed E-state index contributed by atoms with van der Waals surface area (Å²) >= 11 is 5.39. The summed E-state index contributed by atoms with van der Waals surface area (Å²) in [6.45, 7) is 0. The van der Waals surface area contributed by atoms with Crippen LogP contribution in [0.2, 0.25) is 0 Å². The highest BCUT2D eigenvalue weighted by Gasteiger charge is 2.24. The number of thiophene rings is 3. The van der Waals surface area contributed by atoms with Gasteiger partial charge in [0.2, 0.25) is 0 Å². The molecule has 660 valence electrons. The monoisotopic (exact) mass is 1860 g/mol. The zero-order valence-electron chi connectivity index (χ0n) is 75.3. The van der Waals surface area contributed by atoms with Crippen LogP contribution >= 0.6 is 34.0 Å². The van der Waals surface area contributed by atoms with Gasteiger partial charge in [0, 0.05) is 126 Å². The molecule has 0 radical (unpaired) electrons. The lowest BCUT2D eigenvalue weighted by Gasteiger charge is -2.11. The first-order valence-corrected chi connectivity index (χ1v) is 49.6. The van der Waals surface area contributed by atoms with Crippen LogP contribution in [0, 0.1) is 0 Å². The molecule has 12 heteroatoms. The molecule has 141 heavy (non-hydrogen) atoms. The van der Waals surface area contributed by atoms with Crippen LogP contribution in [0.5, 0.6) is 0 Å². The van der Waals surface area contributed by atoms with Crippen LogP contribution in [0.25, 0.3) is 275 Å². The molecule has 0 unspecified atom stereocenters. The fourth-order valence-electron chi connectivity index (χ4n) is 21.9. The molecule has 0 aliphatic rings. The summed E-state index contributed by atoms with van der Waals surface area (Å²) in [7, 11) is 0. The van der Waals surface area contributed by atoms with Gasteiger partial charge in [0.05, 0.1) is 49.3 Å². The average molecular weight is 1860 g/mol. The Morgan fingerprint density at radius 2 is 0.440 bits per heavy atom. The maximum absolute atomic E-state index is 13.5. The molecule has 0 amide bonds. The van der Waals surface area contributed by atoms with Gasteiger partial charge in [-0.2, -0.15) is 0 Å². The lowest BCUT2D eigenvalue weighted by atomic mass is 9.96. The Labute approximate surface area is 815 Å². The highest BCUT2D eigenvalue weighted by molar-refractivity contribution is 7.27. The van der Waals surface area contributed by atoms with Gasteiger partial charge in [-0.25, -0.2) is 14.4 Å². The molecule has 0 saturated carbocycles. The Bertz CT molecular complexity index is 10600. The van der Waals surface area contributed by atoms with Crippen molar-refractivity contribution < 1.29 is 13.3 Å². The molecule has 21 aromatic carbocycles. The minimum Gasteiger partial charge on any atom is -0.422 e. The van der Waals surface area contributed by atoms with Gasteiger partial charge in [-0.05, 0) is 253 Å². The van der Waals surface area contributed by atoms with Gasteiger partial charge in [0.25, 0.3) is 0 Å². The molecule has 0 N–H and O–H groups in total. The number of hydrogen-bond donors (Lipinski definition) is 0. The van der Waals surface area contributed by atoms with E-state index in [0.717, 1.165) is 127 Å². The lowest BCUT2D eigenvalue weighted by Crippen LogP contribution is -2.00. The summed E-state index contributed by atoms with van der Waals surface area (Å²) < 4.78 is 32.5. The normalized spacial score (nSPS) is 11.9. The van der Waals surface area contributed by atoms with E-state index in [9.17, 15) is 14.4 Å². The molecule has 0 spiro atoms. The van der Waals surface area contributed by atoms with Crippen LogP contribution in [-0.4, -0.2) is 13.7 Å². The van der Waals surface area contributed by atoms with Gasteiger partial charge in [0.1, 0.15) is 16.7 Å². The second-order valence-electron chi connectivity index (χ2n) is 36.2. The van der Waals surface area contributed by atoms with Gasteiger partial charge >= 0.3 is 16.9 Å². The average Bonchev–Trinajstić information content (AvgIpc) is 1.71. The van der Waals surface area contributed by atoms with Gasteiger partial charge in [-0.15, -0.1) is 34.0 Å². The minimum absolute atomic E-state index is 0.323. The third kappa shape index (κ3) is 13.4. The summed E-state index contributed by atoms with van der Waals surface area (Å²) in [6, 6.07) is 159. The molecule has 0 bridgehead atoms. The van der Waals surface area contributed by atoms with Crippen molar-refractivity contribution in [2.75, 3.05) is 0 Å². The van der Waals surface area contributed by atoms with E-state index in [2.05, 4.69) is 420 Å². The van der Waals surface area contributed by atoms with E-state index in [1.54, 1.807) is 34.0 Å². The molecule has 30 aromatic rings. The molecule has 0 aliphatic carbocycles. The number of aromatic nitrogens is 3. The van der Waals surface area contributed by atoms with Crippen LogP contribution in [0.15, 0.2) is 483 Å². The van der Waals surface area contributed by atoms with Crippen molar-refractivity contribution in [3.63, 3.8) is 0 Å². The number of nitrogens with zero attached hydrogens (tertiary/aromatic N) is 3. The third-order valence-corrected chi connectivity index (χ3v) is 31.9. The Morgan fingerprint density at radius 3 is 0.865 bits per heavy atom. The molecule has 0 aliphatic heterocycles. The zero-order chi connectivity index (χ0) is 93.2. The maximum atomic E-state index is 13.5. The second kappa shape index (κ2) is 32.7. The van der Waals surface area contributed by atoms with Crippen LogP contribution in [0.3, 0.4) is 0 Å². The number of hydrogen-bond acceptors (Lipinski definition) is 9. The first-order valence-electron chi connectivity index (χ1n) is 47.1. The van der Waals surface area contributed by atoms with Crippen molar-refractivity contribution in [3.05, 3.63) is 486 Å². The van der Waals surface area contributed by atoms with Crippen molar-refractivity contribution in [1.82, 2.24) is 13.7 Å². The number of rotatable bonds is 9. The van der Waals surface area contributed by atoms with E-state index >= 15 is 0 Å². The van der Waals surface area contributed by atoms with E-state index in [1.165, 1.54) is 115 Å². The summed E-state index contributed by atoms with van der Waals surface area (Å²) in [5.74, 6) is 0. The molecule has 9 aromatic heterocycles. The molecular formula is C129H75N3O6S3. The highest BCUT2D eigenvalue weighted by atomic mass is 32.1. The first-order chi connectivity index (χ1) is 69.6. The fraction of sp³-hybridized carbons (Fsp3) is 0. The van der Waals surface area contributed by atoms with Crippen molar-refractivity contribution in [2.24, 2.45) is 0 Å². The summed E-state index contributed by atoms with van der Waals surface area (Å²) in [6.07, 6.45) is 0. The molecule has 30 rings (SSSR count). The predicted octanol–water partition coefficient (Wildman–Crippen LogP) is 35.2. The molecule has 0 atom stereocenters. The quantitative estimate of drug-likeness (QED) is 0.105. The van der Waals surface area contributed by atoms with Crippen LogP contribution in [0.4, 0.5) is 0 Å². The lowest BCUT2D eigenvalue weighted by molar-refractivity contribution is 0.569. The van der Waals surface area contributed by atoms with E-state index in [4.69, 9.17) is 13.3 Å². The highest BCUT2D eigenvalue weighted by Crippen LogP contribution is 2.48. The summed E-state index contributed by atoms with van der Waals surface area (Å²) in [5, 5.41) is 22.0. The number of para-hydroxylation sites is 6. The van der Waals surface area contributed by atoms with E-state index < -0.39 is 0 Å². The van der Waals surface area contributed by atoms with Crippen LogP contribution in [0.1, 0.15) is 0 Å². The standard InChI is InChI=1S/3C43H25NO2S/c45-43-36-24-28(30-11-7-15-41-42(30)35-10-3-6-14-40(35)47-41)19-22-31(36)34-23-18-27(25-39(34)46-43)26-16-20-29(21-17-26)44-37-12-4-1-8-32(37)33-9-2-5-13-38(33)44;45-43-37-24-28(30-13-8-14-35-34-12-5-7-16-41(34)47-42(30)35)18-20-31(37)33-21-17-27(25-40(33)46-43)26-19-22-39-36(23-26)32-11-4-6-15-38(32)44(39)29-9-2-1-3-10-29;45-43-36-24-28(30-13-8-16-41-42(30)34-12-5-7-15-40(34)47-41)18-20-31(36)33-21-17-27(25-39(33)46-43)26-19-22-38-35(23-26)32-11-4-6-14-37(32)44(38)29-9-2-1-3-10-29/h3*1-25H. The molecule has 9 nitrogen and oxygen atoms in total. The van der Waals surface area contributed by atoms with Gasteiger partial charge in [0.15, 0.2) is 0 Å². The smallest absolute Gasteiger partial charge is 0.344 e. The van der Waals surface area contributed by atoms with Crippen LogP contribution < -0.4 is 16.9 Å². The Morgan fingerprint density at radius 1 is 0.163 bits per heavy atom. The van der Waals surface area contributed by atoms with Crippen molar-refractivity contribution in [1.29, 1.82) is 0 Å².